The van der Waals surface area contributed by atoms with Gasteiger partial charge in [-0.15, -0.1) is 0 Å². The summed E-state index contributed by atoms with van der Waals surface area (Å²) in [4.78, 5) is 4.26. The smallest absolute Gasteiger partial charge is 0.130 e. The van der Waals surface area contributed by atoms with Gasteiger partial charge in [-0.3, -0.25) is 4.98 Å². The SMILES string of the molecule is CCc1cc(OCc2ccc(Br)cn2)ccc1Cl. The maximum atomic E-state index is 6.06. The lowest BCUT2D eigenvalue weighted by Crippen LogP contribution is -1.98. The van der Waals surface area contributed by atoms with Gasteiger partial charge in [0.1, 0.15) is 12.4 Å². The fourth-order valence-electron chi connectivity index (χ4n) is 1.56. The minimum Gasteiger partial charge on any atom is -0.487 e. The molecule has 0 radical (unpaired) electrons. The zero-order valence-corrected chi connectivity index (χ0v) is 12.3. The monoisotopic (exact) mass is 325 g/mol. The Hall–Kier alpha value is -1.06. The number of rotatable bonds is 4. The van der Waals surface area contributed by atoms with Crippen LogP contribution in [0.3, 0.4) is 0 Å². The second kappa shape index (κ2) is 6.21. The highest BCUT2D eigenvalue weighted by molar-refractivity contribution is 9.10. The summed E-state index contributed by atoms with van der Waals surface area (Å²) in [6.45, 7) is 2.53. The van der Waals surface area contributed by atoms with E-state index in [2.05, 4.69) is 27.8 Å². The van der Waals surface area contributed by atoms with E-state index < -0.39 is 0 Å². The second-order valence-electron chi connectivity index (χ2n) is 3.86. The highest BCUT2D eigenvalue weighted by atomic mass is 79.9. The van der Waals surface area contributed by atoms with Crippen molar-refractivity contribution in [2.24, 2.45) is 0 Å². The summed E-state index contributed by atoms with van der Waals surface area (Å²) in [6.07, 6.45) is 2.66. The Morgan fingerprint density at radius 1 is 1.28 bits per heavy atom. The predicted molar refractivity (Wildman–Crippen MR) is 77.1 cm³/mol. The van der Waals surface area contributed by atoms with Gasteiger partial charge in [0.15, 0.2) is 0 Å². The topological polar surface area (TPSA) is 22.1 Å². The first-order valence-electron chi connectivity index (χ1n) is 5.70. The first-order chi connectivity index (χ1) is 8.69. The molecule has 1 heterocycles. The van der Waals surface area contributed by atoms with E-state index in [4.69, 9.17) is 16.3 Å². The Morgan fingerprint density at radius 3 is 2.78 bits per heavy atom. The predicted octanol–water partition coefficient (Wildman–Crippen LogP) is 4.64. The van der Waals surface area contributed by atoms with Gasteiger partial charge in [0.2, 0.25) is 0 Å². The number of aromatic nitrogens is 1. The molecular formula is C14H13BrClNO. The van der Waals surface area contributed by atoms with Crippen LogP contribution in [0.1, 0.15) is 18.2 Å². The third-order valence-electron chi connectivity index (χ3n) is 2.57. The minimum absolute atomic E-state index is 0.456. The van der Waals surface area contributed by atoms with Crippen molar-refractivity contribution >= 4 is 27.5 Å². The van der Waals surface area contributed by atoms with Gasteiger partial charge in [0.25, 0.3) is 0 Å². The van der Waals surface area contributed by atoms with E-state index in [-0.39, 0.29) is 0 Å². The molecule has 0 amide bonds. The summed E-state index contributed by atoms with van der Waals surface area (Å²) in [7, 11) is 0. The number of hydrogen-bond donors (Lipinski definition) is 0. The number of aryl methyl sites for hydroxylation is 1. The molecule has 1 aromatic carbocycles. The van der Waals surface area contributed by atoms with Crippen molar-refractivity contribution in [2.45, 2.75) is 20.0 Å². The second-order valence-corrected chi connectivity index (χ2v) is 5.19. The standard InChI is InChI=1S/C14H13BrClNO/c1-2-10-7-13(5-6-14(10)16)18-9-12-4-3-11(15)8-17-12/h3-8H,2,9H2,1H3. The molecule has 1 aromatic heterocycles. The van der Waals surface area contributed by atoms with Crippen LogP contribution in [0.5, 0.6) is 5.75 Å². The zero-order chi connectivity index (χ0) is 13.0. The van der Waals surface area contributed by atoms with Crippen LogP contribution in [-0.2, 0) is 13.0 Å². The summed E-state index contributed by atoms with van der Waals surface area (Å²) in [5, 5.41) is 0.784. The Kier molecular flexibility index (Phi) is 4.61. The molecule has 0 atom stereocenters. The summed E-state index contributed by atoms with van der Waals surface area (Å²) in [6, 6.07) is 9.60. The van der Waals surface area contributed by atoms with E-state index >= 15 is 0 Å². The van der Waals surface area contributed by atoms with Crippen molar-refractivity contribution in [3.05, 3.63) is 57.3 Å². The molecular weight excluding hydrogens is 314 g/mol. The van der Waals surface area contributed by atoms with Crippen LogP contribution in [0, 0.1) is 0 Å². The van der Waals surface area contributed by atoms with Gasteiger partial charge in [-0.05, 0) is 58.2 Å². The highest BCUT2D eigenvalue weighted by Gasteiger charge is 2.02. The Morgan fingerprint density at radius 2 is 2.11 bits per heavy atom. The van der Waals surface area contributed by atoms with Crippen molar-refractivity contribution in [1.82, 2.24) is 4.98 Å². The molecule has 4 heteroatoms. The molecule has 0 unspecified atom stereocenters. The van der Waals surface area contributed by atoms with Crippen molar-refractivity contribution in [3.63, 3.8) is 0 Å². The largest absolute Gasteiger partial charge is 0.487 e. The normalized spacial score (nSPS) is 10.4. The number of nitrogens with zero attached hydrogens (tertiary/aromatic N) is 1. The van der Waals surface area contributed by atoms with Crippen molar-refractivity contribution in [3.8, 4) is 5.75 Å². The van der Waals surface area contributed by atoms with Gasteiger partial charge in [-0.25, -0.2) is 0 Å². The molecule has 0 aliphatic carbocycles. The van der Waals surface area contributed by atoms with Gasteiger partial charge < -0.3 is 4.74 Å². The fourth-order valence-corrected chi connectivity index (χ4v) is 2.05. The Balaban J connectivity index is 2.04. The van der Waals surface area contributed by atoms with Crippen LogP contribution in [0.4, 0.5) is 0 Å². The molecule has 2 nitrogen and oxygen atoms in total. The Bertz CT molecular complexity index is 528. The van der Waals surface area contributed by atoms with Gasteiger partial charge in [0, 0.05) is 15.7 Å². The van der Waals surface area contributed by atoms with Crippen LogP contribution in [-0.4, -0.2) is 4.98 Å². The highest BCUT2D eigenvalue weighted by Crippen LogP contribution is 2.23. The molecule has 0 fully saturated rings. The molecule has 0 bridgehead atoms. The van der Waals surface area contributed by atoms with E-state index in [0.29, 0.717) is 6.61 Å². The first-order valence-corrected chi connectivity index (χ1v) is 6.88. The minimum atomic E-state index is 0.456. The maximum absolute atomic E-state index is 6.06. The third-order valence-corrected chi connectivity index (χ3v) is 3.41. The molecule has 18 heavy (non-hydrogen) atoms. The van der Waals surface area contributed by atoms with Gasteiger partial charge >= 0.3 is 0 Å². The summed E-state index contributed by atoms with van der Waals surface area (Å²) in [5.41, 5.74) is 1.99. The van der Waals surface area contributed by atoms with Crippen molar-refractivity contribution < 1.29 is 4.74 Å². The number of hydrogen-bond acceptors (Lipinski definition) is 2. The average molecular weight is 327 g/mol. The number of ether oxygens (including phenoxy) is 1. The molecule has 0 N–H and O–H groups in total. The average Bonchev–Trinajstić information content (AvgIpc) is 2.39. The molecule has 94 valence electrons. The first kappa shape index (κ1) is 13.4. The van der Waals surface area contributed by atoms with E-state index in [9.17, 15) is 0 Å². The molecule has 0 saturated carbocycles. The van der Waals surface area contributed by atoms with Crippen LogP contribution >= 0.6 is 27.5 Å². The maximum Gasteiger partial charge on any atom is 0.130 e. The quantitative estimate of drug-likeness (QED) is 0.816. The lowest BCUT2D eigenvalue weighted by molar-refractivity contribution is 0.301. The van der Waals surface area contributed by atoms with Crippen molar-refractivity contribution in [1.29, 1.82) is 0 Å². The van der Waals surface area contributed by atoms with E-state index in [1.807, 2.05) is 30.3 Å². The van der Waals surface area contributed by atoms with E-state index in [0.717, 1.165) is 32.9 Å². The molecule has 0 aliphatic heterocycles. The van der Waals surface area contributed by atoms with E-state index in [1.54, 1.807) is 6.20 Å². The number of benzene rings is 1. The molecule has 2 aromatic rings. The molecule has 0 saturated heterocycles. The van der Waals surface area contributed by atoms with Crippen LogP contribution in [0.25, 0.3) is 0 Å². The lowest BCUT2D eigenvalue weighted by Gasteiger charge is -2.08. The van der Waals surface area contributed by atoms with Crippen LogP contribution in [0.2, 0.25) is 5.02 Å². The van der Waals surface area contributed by atoms with Crippen LogP contribution < -0.4 is 4.74 Å². The van der Waals surface area contributed by atoms with E-state index in [1.165, 1.54) is 0 Å². The summed E-state index contributed by atoms with van der Waals surface area (Å²) in [5.74, 6) is 0.820. The molecule has 0 aliphatic rings. The Labute approximate surface area is 120 Å². The zero-order valence-electron chi connectivity index (χ0n) is 9.99. The van der Waals surface area contributed by atoms with Gasteiger partial charge in [-0.1, -0.05) is 18.5 Å². The van der Waals surface area contributed by atoms with Gasteiger partial charge in [-0.2, -0.15) is 0 Å². The van der Waals surface area contributed by atoms with Crippen LogP contribution in [0.15, 0.2) is 41.0 Å². The molecule has 0 spiro atoms. The fraction of sp³-hybridized carbons (Fsp3) is 0.214. The molecule has 2 rings (SSSR count). The number of halogens is 2. The summed E-state index contributed by atoms with van der Waals surface area (Å²) < 4.78 is 6.66. The number of pyridine rings is 1. The van der Waals surface area contributed by atoms with Gasteiger partial charge in [0.05, 0.1) is 5.69 Å². The lowest BCUT2D eigenvalue weighted by atomic mass is 10.1. The third kappa shape index (κ3) is 3.47. The van der Waals surface area contributed by atoms with Crippen molar-refractivity contribution in [2.75, 3.05) is 0 Å². The summed E-state index contributed by atoms with van der Waals surface area (Å²) >= 11 is 9.41.